The van der Waals surface area contributed by atoms with Gasteiger partial charge in [-0.1, -0.05) is 26.8 Å². The second kappa shape index (κ2) is 7.04. The lowest BCUT2D eigenvalue weighted by atomic mass is 10.0. The highest BCUT2D eigenvalue weighted by Crippen LogP contribution is 2.16. The number of carbonyl (C=O) groups is 1. The fourth-order valence-electron chi connectivity index (χ4n) is 1.97. The summed E-state index contributed by atoms with van der Waals surface area (Å²) in [6, 6.07) is 8.12. The molecular weight excluding hydrogens is 224 g/mol. The SMILES string of the molecule is CCNC(=O)c1cccc(NC(CC)C(C)C)c1. The standard InChI is InChI=1S/C15H24N2O/c1-5-14(11(3)4)17-13-9-7-8-12(10-13)15(18)16-6-2/h7-11,14,17H,5-6H2,1-4H3,(H,16,18). The van der Waals surface area contributed by atoms with Crippen LogP contribution in [0, 0.1) is 5.92 Å². The van der Waals surface area contributed by atoms with Crippen LogP contribution >= 0.6 is 0 Å². The van der Waals surface area contributed by atoms with E-state index in [0.717, 1.165) is 12.1 Å². The van der Waals surface area contributed by atoms with Crippen LogP contribution in [0.4, 0.5) is 5.69 Å². The Labute approximate surface area is 110 Å². The predicted octanol–water partition coefficient (Wildman–Crippen LogP) is 3.28. The third-order valence-electron chi connectivity index (χ3n) is 3.06. The molecule has 18 heavy (non-hydrogen) atoms. The molecule has 2 N–H and O–H groups in total. The number of hydrogen-bond acceptors (Lipinski definition) is 2. The van der Waals surface area contributed by atoms with Crippen LogP contribution in [0.3, 0.4) is 0 Å². The van der Waals surface area contributed by atoms with Gasteiger partial charge in [-0.05, 0) is 37.5 Å². The lowest BCUT2D eigenvalue weighted by molar-refractivity contribution is 0.0956. The van der Waals surface area contributed by atoms with E-state index in [1.807, 2.05) is 31.2 Å². The van der Waals surface area contributed by atoms with Crippen molar-refractivity contribution in [3.05, 3.63) is 29.8 Å². The maximum absolute atomic E-state index is 11.7. The Balaban J connectivity index is 2.78. The number of carbonyl (C=O) groups excluding carboxylic acids is 1. The van der Waals surface area contributed by atoms with Gasteiger partial charge in [0, 0.05) is 23.8 Å². The highest BCUT2D eigenvalue weighted by atomic mass is 16.1. The molecule has 0 fully saturated rings. The zero-order chi connectivity index (χ0) is 13.5. The van der Waals surface area contributed by atoms with Gasteiger partial charge < -0.3 is 10.6 Å². The monoisotopic (exact) mass is 248 g/mol. The van der Waals surface area contributed by atoms with E-state index in [0.29, 0.717) is 24.1 Å². The van der Waals surface area contributed by atoms with Crippen LogP contribution in [0.2, 0.25) is 0 Å². The molecule has 3 heteroatoms. The van der Waals surface area contributed by atoms with Crippen LogP contribution in [-0.4, -0.2) is 18.5 Å². The van der Waals surface area contributed by atoms with Crippen molar-refractivity contribution in [3.8, 4) is 0 Å². The van der Waals surface area contributed by atoms with Crippen molar-refractivity contribution in [2.45, 2.75) is 40.2 Å². The molecular formula is C15H24N2O. The smallest absolute Gasteiger partial charge is 0.251 e. The average molecular weight is 248 g/mol. The van der Waals surface area contributed by atoms with Gasteiger partial charge in [0.15, 0.2) is 0 Å². The summed E-state index contributed by atoms with van der Waals surface area (Å²) in [7, 11) is 0. The Hall–Kier alpha value is -1.51. The lowest BCUT2D eigenvalue weighted by Gasteiger charge is -2.22. The van der Waals surface area contributed by atoms with Gasteiger partial charge in [-0.15, -0.1) is 0 Å². The molecule has 0 heterocycles. The largest absolute Gasteiger partial charge is 0.382 e. The van der Waals surface area contributed by atoms with Crippen molar-refractivity contribution in [1.29, 1.82) is 0 Å². The lowest BCUT2D eigenvalue weighted by Crippen LogP contribution is -2.25. The molecule has 1 aromatic carbocycles. The van der Waals surface area contributed by atoms with Crippen molar-refractivity contribution < 1.29 is 4.79 Å². The van der Waals surface area contributed by atoms with E-state index in [-0.39, 0.29) is 5.91 Å². The highest BCUT2D eigenvalue weighted by Gasteiger charge is 2.11. The Morgan fingerprint density at radius 3 is 2.56 bits per heavy atom. The van der Waals surface area contributed by atoms with Gasteiger partial charge in [0.05, 0.1) is 0 Å². The van der Waals surface area contributed by atoms with Gasteiger partial charge in [-0.25, -0.2) is 0 Å². The van der Waals surface area contributed by atoms with Crippen molar-refractivity contribution in [3.63, 3.8) is 0 Å². The van der Waals surface area contributed by atoms with Gasteiger partial charge in [-0.2, -0.15) is 0 Å². The van der Waals surface area contributed by atoms with E-state index in [1.54, 1.807) is 0 Å². The van der Waals surface area contributed by atoms with Crippen LogP contribution in [0.15, 0.2) is 24.3 Å². The van der Waals surface area contributed by atoms with Gasteiger partial charge in [0.2, 0.25) is 0 Å². The van der Waals surface area contributed by atoms with Crippen LogP contribution in [0.25, 0.3) is 0 Å². The van der Waals surface area contributed by atoms with Crippen molar-refractivity contribution in [1.82, 2.24) is 5.32 Å². The Bertz CT molecular complexity index is 388. The number of benzene rings is 1. The van der Waals surface area contributed by atoms with Gasteiger partial charge in [0.1, 0.15) is 0 Å². The van der Waals surface area contributed by atoms with E-state index < -0.39 is 0 Å². The first kappa shape index (κ1) is 14.6. The molecule has 1 atom stereocenters. The average Bonchev–Trinajstić information content (AvgIpc) is 2.36. The van der Waals surface area contributed by atoms with Crippen LogP contribution in [0.5, 0.6) is 0 Å². The van der Waals surface area contributed by atoms with Crippen LogP contribution in [-0.2, 0) is 0 Å². The van der Waals surface area contributed by atoms with E-state index in [4.69, 9.17) is 0 Å². The molecule has 0 saturated heterocycles. The summed E-state index contributed by atoms with van der Waals surface area (Å²) >= 11 is 0. The van der Waals surface area contributed by atoms with E-state index in [2.05, 4.69) is 31.4 Å². The zero-order valence-corrected chi connectivity index (χ0v) is 11.8. The van der Waals surface area contributed by atoms with E-state index >= 15 is 0 Å². The third-order valence-corrected chi connectivity index (χ3v) is 3.06. The molecule has 0 aliphatic heterocycles. The van der Waals surface area contributed by atoms with Crippen molar-refractivity contribution in [2.24, 2.45) is 5.92 Å². The Morgan fingerprint density at radius 2 is 2.00 bits per heavy atom. The Morgan fingerprint density at radius 1 is 1.28 bits per heavy atom. The molecule has 0 spiro atoms. The first-order valence-corrected chi connectivity index (χ1v) is 6.73. The molecule has 0 aliphatic rings. The Kier molecular flexibility index (Phi) is 5.69. The summed E-state index contributed by atoms with van der Waals surface area (Å²) in [5.74, 6) is 0.557. The molecule has 0 aliphatic carbocycles. The number of hydrogen-bond donors (Lipinski definition) is 2. The molecule has 1 aromatic rings. The minimum absolute atomic E-state index is 0.0151. The molecule has 0 saturated carbocycles. The first-order chi connectivity index (χ1) is 8.58. The maximum atomic E-state index is 11.7. The summed E-state index contributed by atoms with van der Waals surface area (Å²) in [5, 5.41) is 6.30. The number of anilines is 1. The normalized spacial score (nSPS) is 12.3. The predicted molar refractivity (Wildman–Crippen MR) is 77.0 cm³/mol. The van der Waals surface area contributed by atoms with Gasteiger partial charge in [0.25, 0.3) is 5.91 Å². The minimum atomic E-state index is -0.0151. The molecule has 100 valence electrons. The second-order valence-corrected chi connectivity index (χ2v) is 4.84. The highest BCUT2D eigenvalue weighted by molar-refractivity contribution is 5.95. The number of rotatable bonds is 6. The summed E-state index contributed by atoms with van der Waals surface area (Å²) in [4.78, 5) is 11.7. The van der Waals surface area contributed by atoms with E-state index in [1.165, 1.54) is 0 Å². The fourth-order valence-corrected chi connectivity index (χ4v) is 1.97. The summed E-state index contributed by atoms with van der Waals surface area (Å²) in [5.41, 5.74) is 1.72. The van der Waals surface area contributed by atoms with Crippen LogP contribution < -0.4 is 10.6 Å². The van der Waals surface area contributed by atoms with Crippen molar-refractivity contribution in [2.75, 3.05) is 11.9 Å². The quantitative estimate of drug-likeness (QED) is 0.811. The summed E-state index contributed by atoms with van der Waals surface area (Å²) in [6.45, 7) is 9.15. The molecule has 0 radical (unpaired) electrons. The number of nitrogens with one attached hydrogen (secondary N) is 2. The second-order valence-electron chi connectivity index (χ2n) is 4.84. The number of amides is 1. The fraction of sp³-hybridized carbons (Fsp3) is 0.533. The van der Waals surface area contributed by atoms with E-state index in [9.17, 15) is 4.79 Å². The van der Waals surface area contributed by atoms with Crippen molar-refractivity contribution >= 4 is 11.6 Å². The molecule has 0 aromatic heterocycles. The van der Waals surface area contributed by atoms with Gasteiger partial charge >= 0.3 is 0 Å². The molecule has 0 bridgehead atoms. The molecule has 1 amide bonds. The summed E-state index contributed by atoms with van der Waals surface area (Å²) in [6.07, 6.45) is 1.07. The minimum Gasteiger partial charge on any atom is -0.382 e. The first-order valence-electron chi connectivity index (χ1n) is 6.73. The maximum Gasteiger partial charge on any atom is 0.251 e. The van der Waals surface area contributed by atoms with Gasteiger partial charge in [-0.3, -0.25) is 4.79 Å². The summed E-state index contributed by atoms with van der Waals surface area (Å²) < 4.78 is 0. The topological polar surface area (TPSA) is 41.1 Å². The zero-order valence-electron chi connectivity index (χ0n) is 11.8. The van der Waals surface area contributed by atoms with Crippen LogP contribution in [0.1, 0.15) is 44.5 Å². The molecule has 1 unspecified atom stereocenters. The molecule has 3 nitrogen and oxygen atoms in total. The third kappa shape index (κ3) is 4.06. The molecule has 1 rings (SSSR count).